The number of rotatable bonds is 5. The number of carbonyl (C=O) groups is 1. The summed E-state index contributed by atoms with van der Waals surface area (Å²) in [4.78, 5) is 11.0. The van der Waals surface area contributed by atoms with Crippen molar-refractivity contribution < 1.29 is 31.5 Å². The van der Waals surface area contributed by atoms with Crippen LogP contribution in [0.15, 0.2) is 18.2 Å². The number of sulfonamides is 1. The second-order valence-corrected chi connectivity index (χ2v) is 6.61. The Morgan fingerprint density at radius 2 is 1.90 bits per heavy atom. The maximum Gasteiger partial charge on any atom is 0.416 e. The highest BCUT2D eigenvalue weighted by Gasteiger charge is 2.32. The van der Waals surface area contributed by atoms with E-state index in [-0.39, 0.29) is 11.7 Å². The van der Waals surface area contributed by atoms with Crippen molar-refractivity contribution in [1.29, 1.82) is 0 Å². The summed E-state index contributed by atoms with van der Waals surface area (Å²) in [6.45, 7) is 3.23. The van der Waals surface area contributed by atoms with Crippen molar-refractivity contribution in [2.24, 2.45) is 5.92 Å². The first-order chi connectivity index (χ1) is 9.42. The molecule has 2 N–H and O–H groups in total. The molecule has 21 heavy (non-hydrogen) atoms. The van der Waals surface area contributed by atoms with Crippen LogP contribution in [0.5, 0.6) is 0 Å². The van der Waals surface area contributed by atoms with E-state index < -0.39 is 39.0 Å². The first-order valence-corrected chi connectivity index (χ1v) is 7.52. The average Bonchev–Trinajstić information content (AvgIpc) is 2.24. The minimum absolute atomic E-state index is 0.262. The van der Waals surface area contributed by atoms with Gasteiger partial charge >= 0.3 is 12.1 Å². The second-order valence-electron chi connectivity index (χ2n) is 4.84. The summed E-state index contributed by atoms with van der Waals surface area (Å²) < 4.78 is 63.3. The molecule has 0 bridgehead atoms. The standard InChI is InChI=1S/C12H14F3NO4S/c1-7(2)6-21(19,20)16-10-5-8(12(13,14)15)3-4-9(10)11(17)18/h3-5,7,16H,6H2,1-2H3,(H,17,18). The molecule has 9 heteroatoms. The van der Waals surface area contributed by atoms with E-state index in [9.17, 15) is 26.4 Å². The van der Waals surface area contributed by atoms with E-state index in [2.05, 4.69) is 0 Å². The topological polar surface area (TPSA) is 83.5 Å². The monoisotopic (exact) mass is 325 g/mol. The Morgan fingerprint density at radius 1 is 1.33 bits per heavy atom. The highest BCUT2D eigenvalue weighted by Crippen LogP contribution is 2.32. The lowest BCUT2D eigenvalue weighted by Crippen LogP contribution is -2.22. The predicted octanol–water partition coefficient (Wildman–Crippen LogP) is 2.80. The molecule has 0 aliphatic carbocycles. The number of alkyl halides is 3. The van der Waals surface area contributed by atoms with Gasteiger partial charge in [-0.1, -0.05) is 13.8 Å². The minimum atomic E-state index is -4.70. The van der Waals surface area contributed by atoms with E-state index in [1.165, 1.54) is 0 Å². The second kappa shape index (κ2) is 5.92. The Balaban J connectivity index is 3.28. The van der Waals surface area contributed by atoms with Crippen LogP contribution in [-0.2, 0) is 16.2 Å². The van der Waals surface area contributed by atoms with E-state index in [1.807, 2.05) is 4.72 Å². The number of carboxylic acids is 1. The van der Waals surface area contributed by atoms with E-state index >= 15 is 0 Å². The highest BCUT2D eigenvalue weighted by molar-refractivity contribution is 7.92. The van der Waals surface area contributed by atoms with Gasteiger partial charge in [0.2, 0.25) is 10.0 Å². The van der Waals surface area contributed by atoms with Crippen molar-refractivity contribution in [3.05, 3.63) is 29.3 Å². The summed E-state index contributed by atoms with van der Waals surface area (Å²) in [5.41, 5.74) is -2.27. The van der Waals surface area contributed by atoms with Gasteiger partial charge in [-0.25, -0.2) is 13.2 Å². The van der Waals surface area contributed by atoms with Gasteiger partial charge in [-0.2, -0.15) is 13.2 Å². The van der Waals surface area contributed by atoms with Gasteiger partial charge in [-0.15, -0.1) is 0 Å². The minimum Gasteiger partial charge on any atom is -0.478 e. The molecule has 0 saturated heterocycles. The molecule has 1 rings (SSSR count). The number of carboxylic acid groups (broad SMARTS) is 1. The summed E-state index contributed by atoms with van der Waals surface area (Å²) >= 11 is 0. The molecule has 0 heterocycles. The molecule has 5 nitrogen and oxygen atoms in total. The molecule has 118 valence electrons. The molecule has 0 saturated carbocycles. The summed E-state index contributed by atoms with van der Waals surface area (Å²) in [5.74, 6) is -2.12. The van der Waals surface area contributed by atoms with Gasteiger partial charge in [-0.3, -0.25) is 4.72 Å². The largest absolute Gasteiger partial charge is 0.478 e. The van der Waals surface area contributed by atoms with Crippen LogP contribution in [-0.4, -0.2) is 25.2 Å². The number of anilines is 1. The van der Waals surface area contributed by atoms with Crippen molar-refractivity contribution in [3.8, 4) is 0 Å². The third-order valence-corrected chi connectivity index (χ3v) is 4.03. The quantitative estimate of drug-likeness (QED) is 0.872. The van der Waals surface area contributed by atoms with E-state index in [1.54, 1.807) is 13.8 Å². The van der Waals surface area contributed by atoms with E-state index in [0.717, 1.165) is 6.07 Å². The molecule has 0 aliphatic heterocycles. The fourth-order valence-corrected chi connectivity index (χ4v) is 3.10. The van der Waals surface area contributed by atoms with Gasteiger partial charge < -0.3 is 5.11 Å². The molecule has 0 spiro atoms. The molecule has 0 amide bonds. The normalized spacial score (nSPS) is 12.5. The Hall–Kier alpha value is -1.77. The number of benzene rings is 1. The van der Waals surface area contributed by atoms with Gasteiger partial charge in [0.05, 0.1) is 22.6 Å². The number of halogens is 3. The van der Waals surface area contributed by atoms with Crippen LogP contribution in [0.2, 0.25) is 0 Å². The molecule has 0 radical (unpaired) electrons. The Kier molecular flexibility index (Phi) is 4.87. The van der Waals surface area contributed by atoms with Crippen molar-refractivity contribution in [3.63, 3.8) is 0 Å². The van der Waals surface area contributed by atoms with Crippen LogP contribution in [0.1, 0.15) is 29.8 Å². The summed E-state index contributed by atoms with van der Waals surface area (Å²) in [6.07, 6.45) is -4.70. The number of aromatic carboxylic acids is 1. The van der Waals surface area contributed by atoms with Crippen molar-refractivity contribution in [1.82, 2.24) is 0 Å². The Labute approximate surface area is 119 Å². The smallest absolute Gasteiger partial charge is 0.416 e. The molecule has 0 atom stereocenters. The number of hydrogen-bond donors (Lipinski definition) is 2. The van der Waals surface area contributed by atoms with Crippen LogP contribution in [0.3, 0.4) is 0 Å². The van der Waals surface area contributed by atoms with Crippen molar-refractivity contribution in [2.75, 3.05) is 10.5 Å². The van der Waals surface area contributed by atoms with E-state index in [0.29, 0.717) is 12.1 Å². The van der Waals surface area contributed by atoms with Crippen LogP contribution >= 0.6 is 0 Å². The van der Waals surface area contributed by atoms with Crippen molar-refractivity contribution in [2.45, 2.75) is 20.0 Å². The Morgan fingerprint density at radius 3 is 2.33 bits per heavy atom. The molecule has 0 aromatic heterocycles. The first kappa shape index (κ1) is 17.3. The molecular weight excluding hydrogens is 311 g/mol. The zero-order chi connectivity index (χ0) is 16.4. The third-order valence-electron chi connectivity index (χ3n) is 2.40. The summed E-state index contributed by atoms with van der Waals surface area (Å²) in [5, 5.41) is 8.92. The molecular formula is C12H14F3NO4S. The maximum atomic E-state index is 12.6. The third kappa shape index (κ3) is 4.92. The van der Waals surface area contributed by atoms with Gasteiger partial charge in [0.25, 0.3) is 0 Å². The lowest BCUT2D eigenvalue weighted by molar-refractivity contribution is -0.137. The molecule has 0 fully saturated rings. The fraction of sp³-hybridized carbons (Fsp3) is 0.417. The van der Waals surface area contributed by atoms with Gasteiger partial charge in [-0.05, 0) is 24.1 Å². The lowest BCUT2D eigenvalue weighted by Gasteiger charge is -2.14. The van der Waals surface area contributed by atoms with Crippen LogP contribution in [0.25, 0.3) is 0 Å². The van der Waals surface area contributed by atoms with E-state index in [4.69, 9.17) is 5.11 Å². The molecule has 1 aromatic carbocycles. The average molecular weight is 325 g/mol. The van der Waals surface area contributed by atoms with Gasteiger partial charge in [0.15, 0.2) is 0 Å². The summed E-state index contributed by atoms with van der Waals surface area (Å²) in [6, 6.07) is 1.78. The lowest BCUT2D eigenvalue weighted by atomic mass is 10.1. The maximum absolute atomic E-state index is 12.6. The van der Waals surface area contributed by atoms with Crippen LogP contribution in [0.4, 0.5) is 18.9 Å². The predicted molar refractivity (Wildman–Crippen MR) is 70.7 cm³/mol. The first-order valence-electron chi connectivity index (χ1n) is 5.87. The van der Waals surface area contributed by atoms with Gasteiger partial charge in [0, 0.05) is 0 Å². The van der Waals surface area contributed by atoms with Crippen molar-refractivity contribution >= 4 is 21.7 Å². The Bertz CT molecular complexity index is 638. The zero-order valence-electron chi connectivity index (χ0n) is 11.2. The van der Waals surface area contributed by atoms with Crippen LogP contribution in [0, 0.1) is 5.92 Å². The molecule has 0 aliphatic rings. The van der Waals surface area contributed by atoms with Gasteiger partial charge in [0.1, 0.15) is 0 Å². The molecule has 1 aromatic rings. The fourth-order valence-electron chi connectivity index (χ4n) is 1.64. The van der Waals surface area contributed by atoms with Crippen LogP contribution < -0.4 is 4.72 Å². The highest BCUT2D eigenvalue weighted by atomic mass is 32.2. The summed E-state index contributed by atoms with van der Waals surface area (Å²) in [7, 11) is -3.93. The number of hydrogen-bond acceptors (Lipinski definition) is 3. The molecule has 0 unspecified atom stereocenters. The zero-order valence-corrected chi connectivity index (χ0v) is 12.0. The number of nitrogens with one attached hydrogen (secondary N) is 1. The SMILES string of the molecule is CC(C)CS(=O)(=O)Nc1cc(C(F)(F)F)ccc1C(=O)O.